The van der Waals surface area contributed by atoms with Crippen molar-refractivity contribution in [2.75, 3.05) is 27.7 Å². The molecule has 0 aromatic rings. The minimum atomic E-state index is -1.82. The highest BCUT2D eigenvalue weighted by Gasteiger charge is 2.38. The summed E-state index contributed by atoms with van der Waals surface area (Å²) >= 11 is 0. The molecule has 0 aliphatic carbocycles. The highest BCUT2D eigenvalue weighted by Crippen LogP contribution is 2.15. The number of rotatable bonds is 7. The van der Waals surface area contributed by atoms with Crippen molar-refractivity contribution in [2.45, 2.75) is 18.9 Å². The monoisotopic (exact) mass is 319 g/mol. The highest BCUT2D eigenvalue weighted by molar-refractivity contribution is 5.89. The van der Waals surface area contributed by atoms with E-state index in [0.29, 0.717) is 16.6 Å². The van der Waals surface area contributed by atoms with Crippen molar-refractivity contribution in [3.63, 3.8) is 0 Å². The van der Waals surface area contributed by atoms with Crippen molar-refractivity contribution in [3.8, 4) is 0 Å². The van der Waals surface area contributed by atoms with Crippen LogP contribution < -0.4 is 5.11 Å². The summed E-state index contributed by atoms with van der Waals surface area (Å²) in [5.41, 5.74) is -1.82. The Labute approximate surface area is 127 Å². The van der Waals surface area contributed by atoms with Crippen LogP contribution in [-0.4, -0.2) is 76.8 Å². The van der Waals surface area contributed by atoms with Crippen molar-refractivity contribution in [1.82, 2.24) is 0 Å². The van der Waals surface area contributed by atoms with E-state index in [1.54, 1.807) is 21.1 Å². The van der Waals surface area contributed by atoms with Crippen LogP contribution in [0, 0.1) is 0 Å². The molecule has 126 valence electrons. The second-order valence-corrected chi connectivity index (χ2v) is 5.59. The topological polar surface area (TPSA) is 152 Å². The molecule has 0 saturated carbocycles. The Balaban J connectivity index is 0. The Morgan fingerprint density at radius 3 is 1.59 bits per heavy atom. The maximum Gasteiger partial charge on any atom is 0.328 e. The van der Waals surface area contributed by atoms with Crippen LogP contribution >= 0.6 is 0 Å². The molecular weight excluding hydrogens is 298 g/mol. The van der Waals surface area contributed by atoms with Gasteiger partial charge in [0.2, 0.25) is 0 Å². The number of Topliss-reactive ketones (excluding diaryl/α,β-unsaturated/α-hetero) is 1. The number of likely N-dealkylation sites (N-methyl/N-ethyl adjacent to an activating group) is 1. The average Bonchev–Trinajstić information content (AvgIpc) is 2.23. The van der Waals surface area contributed by atoms with E-state index in [1.807, 2.05) is 0 Å². The summed E-state index contributed by atoms with van der Waals surface area (Å²) in [5, 5.41) is 35.8. The third kappa shape index (κ3) is 12.8. The third-order valence-corrected chi connectivity index (χ3v) is 2.20. The van der Waals surface area contributed by atoms with Gasteiger partial charge in [0.1, 0.15) is 6.54 Å². The second kappa shape index (κ2) is 8.90. The maximum atomic E-state index is 11.1. The molecule has 0 aromatic carbocycles. The summed E-state index contributed by atoms with van der Waals surface area (Å²) in [5.74, 6) is -4.48. The van der Waals surface area contributed by atoms with Crippen LogP contribution in [0.5, 0.6) is 0 Å². The molecule has 0 rings (SSSR count). The predicted octanol–water partition coefficient (Wildman–Crippen LogP) is -2.14. The smallest absolute Gasteiger partial charge is 0.328 e. The number of ketones is 1. The first-order valence-electron chi connectivity index (χ1n) is 6.07. The summed E-state index contributed by atoms with van der Waals surface area (Å²) < 4.78 is 0.309. The number of carboxylic acids is 3. The summed E-state index contributed by atoms with van der Waals surface area (Å²) in [6, 6.07) is 0. The Bertz CT molecular complexity index is 447. The zero-order valence-corrected chi connectivity index (χ0v) is 12.9. The lowest BCUT2D eigenvalue weighted by molar-refractivity contribution is -0.875. The summed E-state index contributed by atoms with van der Waals surface area (Å²) in [4.78, 5) is 40.6. The molecule has 0 radical (unpaired) electrons. The second-order valence-electron chi connectivity index (χ2n) is 5.59. The minimum absolute atomic E-state index is 0.0519. The molecule has 1 atom stereocenters. The lowest BCUT2D eigenvalue weighted by Gasteiger charge is -2.34. The Morgan fingerprint density at radius 2 is 1.41 bits per heavy atom. The van der Waals surface area contributed by atoms with Gasteiger partial charge in [-0.1, -0.05) is 0 Å². The maximum absolute atomic E-state index is 11.1. The van der Waals surface area contributed by atoms with Crippen molar-refractivity contribution < 1.29 is 44.1 Å². The summed E-state index contributed by atoms with van der Waals surface area (Å²) in [7, 11) is 5.30. The van der Waals surface area contributed by atoms with Crippen molar-refractivity contribution in [3.05, 3.63) is 12.2 Å². The van der Waals surface area contributed by atoms with Gasteiger partial charge < -0.3 is 29.7 Å². The average molecular weight is 319 g/mol. The van der Waals surface area contributed by atoms with Crippen LogP contribution in [0.25, 0.3) is 0 Å². The Kier molecular flexibility index (Phi) is 8.91. The van der Waals surface area contributed by atoms with E-state index in [9.17, 15) is 29.4 Å². The molecule has 0 spiro atoms. The standard InChI is InChI=1S/C9H17NO4.C4H4O4/c1-7(11)9(14,5-8(12)13)6-10(2,3)4;5-3(6)1-2-4(7)8/h14H,5-6H2,1-4H3;1-2H,(H,5,6)(H,7,8)/t9-;/m1./s1. The lowest BCUT2D eigenvalue weighted by Crippen LogP contribution is -2.55. The van der Waals surface area contributed by atoms with E-state index in [4.69, 9.17) is 10.2 Å². The fourth-order valence-electron chi connectivity index (χ4n) is 1.46. The van der Waals surface area contributed by atoms with E-state index in [1.165, 1.54) is 6.92 Å². The first kappa shape index (κ1) is 22.0. The van der Waals surface area contributed by atoms with Gasteiger partial charge in [-0.25, -0.2) is 9.59 Å². The van der Waals surface area contributed by atoms with Gasteiger partial charge in [-0.2, -0.15) is 0 Å². The van der Waals surface area contributed by atoms with Gasteiger partial charge in [0.15, 0.2) is 11.4 Å². The van der Waals surface area contributed by atoms with E-state index in [0.717, 1.165) is 0 Å². The molecule has 0 aliphatic heterocycles. The number of carbonyl (C=O) groups is 4. The van der Waals surface area contributed by atoms with Crippen LogP contribution in [0.1, 0.15) is 13.3 Å². The van der Waals surface area contributed by atoms with Crippen molar-refractivity contribution in [1.29, 1.82) is 0 Å². The number of aliphatic carboxylic acids is 3. The van der Waals surface area contributed by atoms with Crippen LogP contribution in [0.2, 0.25) is 0 Å². The van der Waals surface area contributed by atoms with Crippen LogP contribution in [-0.2, 0) is 19.2 Å². The SMILES string of the molecule is CC(=O)[C@@](O)(CC(=O)[O-])C[N+](C)(C)C.O=C(O)C=CC(=O)O. The van der Waals surface area contributed by atoms with Gasteiger partial charge >= 0.3 is 11.9 Å². The first-order valence-corrected chi connectivity index (χ1v) is 6.07. The molecular formula is C13H21NO8. The highest BCUT2D eigenvalue weighted by atomic mass is 16.4. The van der Waals surface area contributed by atoms with Gasteiger partial charge in [0.25, 0.3) is 0 Å². The van der Waals surface area contributed by atoms with Gasteiger partial charge in [-0.15, -0.1) is 0 Å². The number of aliphatic hydroxyl groups is 1. The van der Waals surface area contributed by atoms with Crippen LogP contribution in [0.15, 0.2) is 12.2 Å². The minimum Gasteiger partial charge on any atom is -0.550 e. The number of nitrogens with zero attached hydrogens (tertiary/aromatic N) is 1. The zero-order chi connectivity index (χ0) is 18.1. The molecule has 9 heteroatoms. The molecule has 0 unspecified atom stereocenters. The van der Waals surface area contributed by atoms with Gasteiger partial charge in [-0.3, -0.25) is 4.79 Å². The van der Waals surface area contributed by atoms with Gasteiger partial charge in [0, 0.05) is 24.5 Å². The molecule has 0 bridgehead atoms. The van der Waals surface area contributed by atoms with Gasteiger partial charge in [-0.05, 0) is 6.92 Å². The number of hydrogen-bond donors (Lipinski definition) is 3. The Hall–Kier alpha value is -2.26. The van der Waals surface area contributed by atoms with Crippen molar-refractivity contribution >= 4 is 23.7 Å². The molecule has 0 heterocycles. The van der Waals surface area contributed by atoms with Crippen molar-refractivity contribution in [2.24, 2.45) is 0 Å². The van der Waals surface area contributed by atoms with E-state index < -0.39 is 35.7 Å². The van der Waals surface area contributed by atoms with E-state index in [2.05, 4.69) is 0 Å². The largest absolute Gasteiger partial charge is 0.550 e. The van der Waals surface area contributed by atoms with Gasteiger partial charge in [0.05, 0.1) is 21.1 Å². The normalized spacial score (nSPS) is 13.7. The fourth-order valence-corrected chi connectivity index (χ4v) is 1.46. The molecule has 22 heavy (non-hydrogen) atoms. The van der Waals surface area contributed by atoms with Crippen LogP contribution in [0.4, 0.5) is 0 Å². The quantitative estimate of drug-likeness (QED) is 0.355. The number of quaternary nitrogens is 1. The molecule has 0 saturated heterocycles. The van der Waals surface area contributed by atoms with E-state index in [-0.39, 0.29) is 6.54 Å². The third-order valence-electron chi connectivity index (χ3n) is 2.20. The fraction of sp³-hybridized carbons (Fsp3) is 0.538. The summed E-state index contributed by atoms with van der Waals surface area (Å²) in [6.45, 7) is 1.23. The lowest BCUT2D eigenvalue weighted by atomic mass is 9.94. The number of carbonyl (C=O) groups excluding carboxylic acids is 2. The zero-order valence-electron chi connectivity index (χ0n) is 12.9. The molecule has 3 N–H and O–H groups in total. The molecule has 0 amide bonds. The number of hydrogen-bond acceptors (Lipinski definition) is 6. The predicted molar refractivity (Wildman–Crippen MR) is 72.6 cm³/mol. The molecule has 0 aromatic heterocycles. The number of carboxylic acid groups (broad SMARTS) is 3. The van der Waals surface area contributed by atoms with Crippen LogP contribution in [0.3, 0.4) is 0 Å². The molecule has 0 fully saturated rings. The molecule has 9 nitrogen and oxygen atoms in total. The first-order chi connectivity index (χ1) is 9.69. The Morgan fingerprint density at radius 1 is 1.05 bits per heavy atom. The van der Waals surface area contributed by atoms with E-state index >= 15 is 0 Å². The molecule has 0 aliphatic rings. The summed E-state index contributed by atoms with van der Waals surface area (Å²) in [6.07, 6.45) is 0.461.